The molecule has 18 heavy (non-hydrogen) atoms. The first-order valence-electron chi connectivity index (χ1n) is 5.72. The Morgan fingerprint density at radius 1 is 0.778 bits per heavy atom. The Morgan fingerprint density at radius 2 is 1.22 bits per heavy atom. The van der Waals surface area contributed by atoms with Crippen LogP contribution >= 0.6 is 0 Å². The lowest BCUT2D eigenvalue weighted by molar-refractivity contribution is -0.00725. The van der Waals surface area contributed by atoms with Gasteiger partial charge in [0.25, 0.3) is 0 Å². The Kier molecular flexibility index (Phi) is 15.3. The van der Waals surface area contributed by atoms with Crippen molar-refractivity contribution in [2.45, 2.75) is 0 Å². The summed E-state index contributed by atoms with van der Waals surface area (Å²) in [6.07, 6.45) is 0. The molecule has 0 aromatic rings. The van der Waals surface area contributed by atoms with Crippen molar-refractivity contribution in [3.63, 3.8) is 0 Å². The standard InChI is InChI=1S/C10H21N3O5/c1-14-2-3-15-4-5-16-6-7-17-8-9-18-10-12-13-11/h2-10H2,1H3. The van der Waals surface area contributed by atoms with E-state index in [0.29, 0.717) is 52.9 Å². The van der Waals surface area contributed by atoms with Gasteiger partial charge in [0.1, 0.15) is 6.73 Å². The monoisotopic (exact) mass is 263 g/mol. The minimum atomic E-state index is 0.0369. The van der Waals surface area contributed by atoms with Crippen molar-refractivity contribution in [1.29, 1.82) is 0 Å². The molecule has 0 heterocycles. The second kappa shape index (κ2) is 16.1. The van der Waals surface area contributed by atoms with E-state index in [9.17, 15) is 0 Å². The number of rotatable bonds is 14. The third-order valence-electron chi connectivity index (χ3n) is 1.76. The van der Waals surface area contributed by atoms with Gasteiger partial charge >= 0.3 is 0 Å². The molecule has 106 valence electrons. The number of ether oxygens (including phenoxy) is 5. The Balaban J connectivity index is 2.92. The number of azide groups is 1. The molecule has 0 aliphatic heterocycles. The third-order valence-corrected chi connectivity index (χ3v) is 1.76. The maximum atomic E-state index is 7.97. The van der Waals surface area contributed by atoms with Crippen molar-refractivity contribution in [2.24, 2.45) is 5.11 Å². The van der Waals surface area contributed by atoms with Gasteiger partial charge in [-0.1, -0.05) is 5.11 Å². The summed E-state index contributed by atoms with van der Waals surface area (Å²) in [5.74, 6) is 0. The fourth-order valence-electron chi connectivity index (χ4n) is 0.933. The molecule has 0 fully saturated rings. The van der Waals surface area contributed by atoms with Crippen molar-refractivity contribution < 1.29 is 23.7 Å². The molecule has 0 rings (SSSR count). The van der Waals surface area contributed by atoms with Crippen molar-refractivity contribution in [3.8, 4) is 0 Å². The summed E-state index contributed by atoms with van der Waals surface area (Å²) in [6, 6.07) is 0. The third kappa shape index (κ3) is 15.1. The highest BCUT2D eigenvalue weighted by Crippen LogP contribution is 1.83. The van der Waals surface area contributed by atoms with Crippen LogP contribution in [0.4, 0.5) is 0 Å². The van der Waals surface area contributed by atoms with Gasteiger partial charge in [-0.05, 0) is 5.53 Å². The Hall–Kier alpha value is -0.890. The molecule has 0 spiro atoms. The van der Waals surface area contributed by atoms with Crippen LogP contribution in [0.25, 0.3) is 10.4 Å². The fourth-order valence-corrected chi connectivity index (χ4v) is 0.933. The van der Waals surface area contributed by atoms with Crippen LogP contribution in [-0.2, 0) is 23.7 Å². The molecule has 0 saturated heterocycles. The lowest BCUT2D eigenvalue weighted by atomic mass is 10.7. The largest absolute Gasteiger partial charge is 0.382 e. The molecule has 0 aromatic carbocycles. The number of hydrogen-bond donors (Lipinski definition) is 0. The summed E-state index contributed by atoms with van der Waals surface area (Å²) in [5.41, 5.74) is 7.97. The van der Waals surface area contributed by atoms with Gasteiger partial charge in [-0.2, -0.15) is 0 Å². The first kappa shape index (κ1) is 17.1. The molecular weight excluding hydrogens is 242 g/mol. The molecule has 0 aliphatic rings. The van der Waals surface area contributed by atoms with Gasteiger partial charge < -0.3 is 23.7 Å². The molecule has 0 aromatic heterocycles. The van der Waals surface area contributed by atoms with Crippen LogP contribution < -0.4 is 0 Å². The molecule has 8 heteroatoms. The van der Waals surface area contributed by atoms with Crippen LogP contribution in [0.3, 0.4) is 0 Å². The summed E-state index contributed by atoms with van der Waals surface area (Å²) < 4.78 is 25.4. The molecule has 0 radical (unpaired) electrons. The highest BCUT2D eigenvalue weighted by molar-refractivity contribution is 4.37. The van der Waals surface area contributed by atoms with Gasteiger partial charge in [-0.3, -0.25) is 0 Å². The predicted molar refractivity (Wildman–Crippen MR) is 64.3 cm³/mol. The molecule has 0 saturated carbocycles. The topological polar surface area (TPSA) is 94.9 Å². The van der Waals surface area contributed by atoms with Crippen LogP contribution in [0, 0.1) is 0 Å². The molecule has 8 nitrogen and oxygen atoms in total. The zero-order valence-corrected chi connectivity index (χ0v) is 10.7. The van der Waals surface area contributed by atoms with E-state index in [1.165, 1.54) is 0 Å². The van der Waals surface area contributed by atoms with E-state index < -0.39 is 0 Å². The lowest BCUT2D eigenvalue weighted by Gasteiger charge is -2.06. The average molecular weight is 263 g/mol. The minimum absolute atomic E-state index is 0.0369. The zero-order valence-electron chi connectivity index (χ0n) is 10.7. The number of nitrogens with zero attached hydrogens (tertiary/aromatic N) is 3. The summed E-state index contributed by atoms with van der Waals surface area (Å²) in [6.45, 7) is 4.19. The highest BCUT2D eigenvalue weighted by Gasteiger charge is 1.91. The quantitative estimate of drug-likeness (QED) is 0.201. The van der Waals surface area contributed by atoms with Gasteiger partial charge in [0.15, 0.2) is 0 Å². The second-order valence-corrected chi connectivity index (χ2v) is 3.10. The molecule has 0 aliphatic carbocycles. The van der Waals surface area contributed by atoms with Crippen LogP contribution in [0.2, 0.25) is 0 Å². The normalized spacial score (nSPS) is 10.3. The van der Waals surface area contributed by atoms with Gasteiger partial charge in [0.05, 0.1) is 52.9 Å². The maximum absolute atomic E-state index is 7.97. The first-order valence-corrected chi connectivity index (χ1v) is 5.72. The number of hydrogen-bond acceptors (Lipinski definition) is 6. The van der Waals surface area contributed by atoms with E-state index in [1.54, 1.807) is 7.11 Å². The molecule has 0 N–H and O–H groups in total. The smallest absolute Gasteiger partial charge is 0.126 e. The summed E-state index contributed by atoms with van der Waals surface area (Å²) in [5, 5.41) is 3.22. The lowest BCUT2D eigenvalue weighted by Crippen LogP contribution is -2.12. The van der Waals surface area contributed by atoms with Gasteiger partial charge in [-0.15, -0.1) is 0 Å². The zero-order chi connectivity index (χ0) is 13.3. The van der Waals surface area contributed by atoms with Crippen LogP contribution in [0.1, 0.15) is 0 Å². The van der Waals surface area contributed by atoms with Crippen LogP contribution in [0.5, 0.6) is 0 Å². The highest BCUT2D eigenvalue weighted by atomic mass is 16.6. The Bertz CT molecular complexity index is 212. The SMILES string of the molecule is COCCOCCOCCOCCOCN=[N+]=[N-]. The Labute approximate surface area is 107 Å². The van der Waals surface area contributed by atoms with Gasteiger partial charge in [0, 0.05) is 12.0 Å². The van der Waals surface area contributed by atoms with E-state index in [0.717, 1.165) is 0 Å². The molecule has 0 bridgehead atoms. The van der Waals surface area contributed by atoms with Crippen LogP contribution in [0.15, 0.2) is 5.11 Å². The van der Waals surface area contributed by atoms with Crippen molar-refractivity contribution >= 4 is 0 Å². The fraction of sp³-hybridized carbons (Fsp3) is 1.00. The minimum Gasteiger partial charge on any atom is -0.382 e. The van der Waals surface area contributed by atoms with E-state index in [-0.39, 0.29) is 6.73 Å². The molecule has 0 amide bonds. The maximum Gasteiger partial charge on any atom is 0.126 e. The molecule has 0 unspecified atom stereocenters. The average Bonchev–Trinajstić information content (AvgIpc) is 2.39. The van der Waals surface area contributed by atoms with Crippen molar-refractivity contribution in [2.75, 3.05) is 66.7 Å². The van der Waals surface area contributed by atoms with E-state index in [1.807, 2.05) is 0 Å². The van der Waals surface area contributed by atoms with Gasteiger partial charge in [0.2, 0.25) is 0 Å². The number of methoxy groups -OCH3 is 1. The van der Waals surface area contributed by atoms with Crippen molar-refractivity contribution in [3.05, 3.63) is 10.4 Å². The van der Waals surface area contributed by atoms with Gasteiger partial charge in [-0.25, -0.2) is 0 Å². The van der Waals surface area contributed by atoms with E-state index >= 15 is 0 Å². The molecule has 0 atom stereocenters. The van der Waals surface area contributed by atoms with Crippen LogP contribution in [-0.4, -0.2) is 66.7 Å². The van der Waals surface area contributed by atoms with E-state index in [2.05, 4.69) is 10.0 Å². The summed E-state index contributed by atoms with van der Waals surface area (Å²) in [4.78, 5) is 2.55. The van der Waals surface area contributed by atoms with Crippen molar-refractivity contribution in [1.82, 2.24) is 0 Å². The second-order valence-electron chi connectivity index (χ2n) is 3.10. The summed E-state index contributed by atoms with van der Waals surface area (Å²) >= 11 is 0. The first-order chi connectivity index (χ1) is 8.91. The van der Waals surface area contributed by atoms with E-state index in [4.69, 9.17) is 29.2 Å². The predicted octanol–water partition coefficient (Wildman–Crippen LogP) is 0.967. The summed E-state index contributed by atoms with van der Waals surface area (Å²) in [7, 11) is 1.63. The Morgan fingerprint density at radius 3 is 1.67 bits per heavy atom. The molecular formula is C10H21N3O5.